The molecule has 0 bridgehead atoms. The van der Waals surface area contributed by atoms with E-state index in [2.05, 4.69) is 34.4 Å². The summed E-state index contributed by atoms with van der Waals surface area (Å²) in [6, 6.07) is 26.8. The second-order valence-electron chi connectivity index (χ2n) is 10.1. The number of hydrogen-bond acceptors (Lipinski definition) is 8. The smallest absolute Gasteiger partial charge is 0.314 e. The van der Waals surface area contributed by atoms with E-state index in [-0.39, 0.29) is 26.4 Å². The van der Waals surface area contributed by atoms with Gasteiger partial charge in [0.25, 0.3) is 0 Å². The molecule has 0 saturated carbocycles. The Bertz CT molecular complexity index is 1720. The average Bonchev–Trinajstić information content (AvgIpc) is 3.13. The maximum Gasteiger partial charge on any atom is 0.314 e. The zero-order valence-electron chi connectivity index (χ0n) is 27.1. The van der Waals surface area contributed by atoms with Gasteiger partial charge in [0.15, 0.2) is 0 Å². The Balaban J connectivity index is 1.26. The number of hydrogen-bond donors (Lipinski definition) is 4. The maximum absolute atomic E-state index is 12.7. The Morgan fingerprint density at radius 1 is 0.420 bits per heavy atom. The van der Waals surface area contributed by atoms with E-state index in [1.54, 1.807) is 121 Å². The molecule has 12 nitrogen and oxygen atoms in total. The molecular formula is C38H36N4O8. The number of carbonyl (C=O) groups excluding carboxylic acids is 4. The highest BCUT2D eigenvalue weighted by Gasteiger charge is 2.19. The molecule has 4 rings (SSSR count). The number of benzene rings is 4. The highest BCUT2D eigenvalue weighted by molar-refractivity contribution is 6.44. The number of amides is 4. The van der Waals surface area contributed by atoms with Crippen molar-refractivity contribution in [3.05, 3.63) is 135 Å². The summed E-state index contributed by atoms with van der Waals surface area (Å²) in [6.45, 7) is 7.92. The molecule has 0 aliphatic rings. The van der Waals surface area contributed by atoms with Crippen LogP contribution < -0.4 is 40.2 Å². The molecule has 4 aromatic carbocycles. The van der Waals surface area contributed by atoms with E-state index in [1.165, 1.54) is 0 Å². The minimum atomic E-state index is -0.894. The molecule has 4 aromatic rings. The van der Waals surface area contributed by atoms with Crippen LogP contribution in [0, 0.1) is 0 Å². The van der Waals surface area contributed by atoms with Gasteiger partial charge >= 0.3 is 23.6 Å². The van der Waals surface area contributed by atoms with Crippen molar-refractivity contribution >= 4 is 46.4 Å². The molecule has 0 atom stereocenters. The van der Waals surface area contributed by atoms with Gasteiger partial charge in [-0.15, -0.1) is 0 Å². The lowest BCUT2D eigenvalue weighted by molar-refractivity contribution is -0.133. The first-order valence-corrected chi connectivity index (χ1v) is 15.4. The van der Waals surface area contributed by atoms with Crippen LogP contribution in [0.2, 0.25) is 0 Å². The molecule has 0 spiro atoms. The molecule has 0 saturated heterocycles. The number of carbonyl (C=O) groups is 4. The fraction of sp³-hybridized carbons (Fsp3) is 0.105. The largest absolute Gasteiger partial charge is 0.487 e. The highest BCUT2D eigenvalue weighted by atomic mass is 16.5. The standard InChI is InChI=1S/C38H36N4O8/c1-3-23-47-31-19-9-5-15-27(31)39-35(43)37(45)41-29-17-7-11-21-33(29)49-25-13-14-26-50-34-22-12-8-18-30(34)42-38(46)36(44)40-28-16-6-10-20-32(28)48-24-4-2/h3-22H,1-2,23-26H2,(H,39,43)(H,40,44)(H,41,45)(H,42,46)/b14-13+. The van der Waals surface area contributed by atoms with Gasteiger partial charge in [0.2, 0.25) is 0 Å². The van der Waals surface area contributed by atoms with Gasteiger partial charge < -0.3 is 40.2 Å². The summed E-state index contributed by atoms with van der Waals surface area (Å²) < 4.78 is 22.7. The number of ether oxygens (including phenoxy) is 4. The molecule has 0 heterocycles. The minimum Gasteiger partial charge on any atom is -0.487 e. The van der Waals surface area contributed by atoms with E-state index in [0.29, 0.717) is 45.7 Å². The van der Waals surface area contributed by atoms with Crippen molar-refractivity contribution in [2.45, 2.75) is 0 Å². The summed E-state index contributed by atoms with van der Waals surface area (Å²) in [4.78, 5) is 50.6. The van der Waals surface area contributed by atoms with Crippen molar-refractivity contribution in [2.75, 3.05) is 47.7 Å². The van der Waals surface area contributed by atoms with E-state index in [9.17, 15) is 19.2 Å². The van der Waals surface area contributed by atoms with Crippen LogP contribution in [-0.2, 0) is 19.2 Å². The second kappa shape index (κ2) is 19.1. The van der Waals surface area contributed by atoms with Gasteiger partial charge in [0, 0.05) is 0 Å². The Hall–Kier alpha value is -6.82. The third-order valence-corrected chi connectivity index (χ3v) is 6.50. The fourth-order valence-corrected chi connectivity index (χ4v) is 4.21. The first-order valence-electron chi connectivity index (χ1n) is 15.4. The summed E-state index contributed by atoms with van der Waals surface area (Å²) in [5.74, 6) is -2.08. The lowest BCUT2D eigenvalue weighted by Gasteiger charge is -2.13. The van der Waals surface area contributed by atoms with Gasteiger partial charge in [-0.2, -0.15) is 0 Å². The van der Waals surface area contributed by atoms with Gasteiger partial charge in [0.05, 0.1) is 22.7 Å². The Morgan fingerprint density at radius 3 is 0.920 bits per heavy atom. The monoisotopic (exact) mass is 676 g/mol. The summed E-state index contributed by atoms with van der Waals surface area (Å²) >= 11 is 0. The predicted octanol–water partition coefficient (Wildman–Crippen LogP) is 5.98. The van der Waals surface area contributed by atoms with E-state index in [4.69, 9.17) is 18.9 Å². The van der Waals surface area contributed by atoms with Gasteiger partial charge in [-0.3, -0.25) is 19.2 Å². The number of nitrogens with one attached hydrogen (secondary N) is 4. The number of para-hydroxylation sites is 8. The fourth-order valence-electron chi connectivity index (χ4n) is 4.21. The van der Waals surface area contributed by atoms with E-state index >= 15 is 0 Å². The van der Waals surface area contributed by atoms with Crippen LogP contribution >= 0.6 is 0 Å². The summed E-state index contributed by atoms with van der Waals surface area (Å²) in [5.41, 5.74) is 1.29. The molecule has 0 aliphatic heterocycles. The maximum atomic E-state index is 12.7. The van der Waals surface area contributed by atoms with Crippen LogP contribution in [-0.4, -0.2) is 50.1 Å². The van der Waals surface area contributed by atoms with Crippen molar-refractivity contribution in [2.24, 2.45) is 0 Å². The summed E-state index contributed by atoms with van der Waals surface area (Å²) in [5, 5.41) is 10.2. The molecule has 0 fully saturated rings. The first-order chi connectivity index (χ1) is 24.4. The molecule has 4 N–H and O–H groups in total. The zero-order valence-corrected chi connectivity index (χ0v) is 27.1. The van der Waals surface area contributed by atoms with Gasteiger partial charge in [0.1, 0.15) is 49.4 Å². The Labute approximate surface area is 289 Å². The van der Waals surface area contributed by atoms with E-state index < -0.39 is 23.6 Å². The van der Waals surface area contributed by atoms with Crippen LogP contribution in [0.5, 0.6) is 23.0 Å². The normalized spacial score (nSPS) is 10.3. The van der Waals surface area contributed by atoms with E-state index in [1.807, 2.05) is 0 Å². The molecule has 0 radical (unpaired) electrons. The van der Waals surface area contributed by atoms with Gasteiger partial charge in [-0.05, 0) is 60.7 Å². The molecule has 0 unspecified atom stereocenters. The molecule has 0 aromatic heterocycles. The zero-order chi connectivity index (χ0) is 35.6. The first kappa shape index (κ1) is 36.0. The van der Waals surface area contributed by atoms with Crippen LogP contribution in [0.1, 0.15) is 0 Å². The summed E-state index contributed by atoms with van der Waals surface area (Å²) in [7, 11) is 0. The van der Waals surface area contributed by atoms with Crippen molar-refractivity contribution < 1.29 is 38.1 Å². The van der Waals surface area contributed by atoms with Crippen molar-refractivity contribution in [3.8, 4) is 23.0 Å². The Kier molecular flexibility index (Phi) is 13.8. The average molecular weight is 677 g/mol. The van der Waals surface area contributed by atoms with E-state index in [0.717, 1.165) is 0 Å². The molecule has 256 valence electrons. The SMILES string of the molecule is C=CCOc1ccccc1NC(=O)C(=O)Nc1ccccc1OC/C=C/COc1ccccc1NC(=O)C(=O)Nc1ccccc1OCC=C. The van der Waals surface area contributed by atoms with Crippen LogP contribution in [0.25, 0.3) is 0 Å². The van der Waals surface area contributed by atoms with Crippen molar-refractivity contribution in [3.63, 3.8) is 0 Å². The third-order valence-electron chi connectivity index (χ3n) is 6.50. The third kappa shape index (κ3) is 10.9. The van der Waals surface area contributed by atoms with Gasteiger partial charge in [-0.25, -0.2) is 0 Å². The number of anilines is 4. The van der Waals surface area contributed by atoms with Crippen LogP contribution in [0.4, 0.5) is 22.7 Å². The predicted molar refractivity (Wildman–Crippen MR) is 192 cm³/mol. The topological polar surface area (TPSA) is 153 Å². The Morgan fingerprint density at radius 2 is 0.660 bits per heavy atom. The molecule has 0 aliphatic carbocycles. The summed E-state index contributed by atoms with van der Waals surface area (Å²) in [6.07, 6.45) is 6.54. The minimum absolute atomic E-state index is 0.118. The van der Waals surface area contributed by atoms with Crippen LogP contribution in [0.3, 0.4) is 0 Å². The van der Waals surface area contributed by atoms with Gasteiger partial charge in [-0.1, -0.05) is 73.8 Å². The number of rotatable bonds is 16. The highest BCUT2D eigenvalue weighted by Crippen LogP contribution is 2.27. The molecule has 50 heavy (non-hydrogen) atoms. The molecule has 12 heteroatoms. The van der Waals surface area contributed by atoms with Crippen LogP contribution in [0.15, 0.2) is 135 Å². The quantitative estimate of drug-likeness (QED) is 0.0835. The van der Waals surface area contributed by atoms with Crippen molar-refractivity contribution in [1.29, 1.82) is 0 Å². The second-order valence-corrected chi connectivity index (χ2v) is 10.1. The lowest BCUT2D eigenvalue weighted by Crippen LogP contribution is -2.29. The van der Waals surface area contributed by atoms with Crippen molar-refractivity contribution in [1.82, 2.24) is 0 Å². The molecular weight excluding hydrogens is 640 g/mol. The molecule has 4 amide bonds. The lowest BCUT2D eigenvalue weighted by atomic mass is 10.2.